The number of methoxy groups -OCH3 is 1. The maximum atomic E-state index is 14.8. The number of pyridine rings is 2. The summed E-state index contributed by atoms with van der Waals surface area (Å²) in [5.74, 6) is -1.94. The molecule has 1 fully saturated rings. The van der Waals surface area contributed by atoms with Gasteiger partial charge >= 0.3 is 6.18 Å². The summed E-state index contributed by atoms with van der Waals surface area (Å²) in [6.45, 7) is 3.73. The maximum absolute atomic E-state index is 14.8. The van der Waals surface area contributed by atoms with E-state index >= 15 is 0 Å². The van der Waals surface area contributed by atoms with Gasteiger partial charge in [0.2, 0.25) is 11.3 Å². The number of nitrogens with one attached hydrogen (secondary N) is 1. The Labute approximate surface area is 292 Å². The first-order valence-electron chi connectivity index (χ1n) is 16.4. The minimum absolute atomic E-state index is 0.00389. The molecule has 4 aromatic heterocycles. The Kier molecular flexibility index (Phi) is 8.59. The van der Waals surface area contributed by atoms with Gasteiger partial charge in [0.25, 0.3) is 5.91 Å². The molecular weight excluding hydrogens is 690 g/mol. The van der Waals surface area contributed by atoms with Crippen LogP contribution in [0.5, 0.6) is 11.6 Å². The van der Waals surface area contributed by atoms with E-state index in [4.69, 9.17) is 4.74 Å². The van der Waals surface area contributed by atoms with Crippen molar-refractivity contribution in [1.29, 1.82) is 0 Å². The number of anilines is 1. The Morgan fingerprint density at radius 3 is 2.58 bits per heavy atom. The van der Waals surface area contributed by atoms with Crippen molar-refractivity contribution in [1.82, 2.24) is 39.4 Å². The monoisotopic (exact) mass is 723 g/mol. The van der Waals surface area contributed by atoms with Gasteiger partial charge in [0.1, 0.15) is 18.4 Å². The second kappa shape index (κ2) is 12.8. The number of hydrogen-bond acceptors (Lipinski definition) is 11. The number of fused-ring (bicyclic) bond motifs is 3. The van der Waals surface area contributed by atoms with Crippen molar-refractivity contribution < 1.29 is 37.3 Å². The first kappa shape index (κ1) is 34.8. The SMILES string of the molecule is COc1cc(-n2nc3c(=O)c4c(n(CC(O)Nc5ccc(C(F)(F)F)cc5F)c3n2)[C@H](C)CC42CCN(C(=O)c3ncnc(C)c3O)CC2)ccn1. The molecule has 14 nitrogen and oxygen atoms in total. The number of likely N-dealkylation sites (tertiary alicyclic amines) is 1. The molecule has 3 N–H and O–H groups in total. The molecule has 0 radical (unpaired) electrons. The molecule has 18 heteroatoms. The van der Waals surface area contributed by atoms with Crippen LogP contribution in [0, 0.1) is 12.7 Å². The van der Waals surface area contributed by atoms with Crippen LogP contribution < -0.4 is 15.5 Å². The average molecular weight is 724 g/mol. The van der Waals surface area contributed by atoms with Crippen LogP contribution in [0.3, 0.4) is 0 Å². The lowest BCUT2D eigenvalue weighted by Crippen LogP contribution is -2.46. The van der Waals surface area contributed by atoms with Crippen LogP contribution in [0.4, 0.5) is 23.2 Å². The van der Waals surface area contributed by atoms with Crippen molar-refractivity contribution in [3.8, 4) is 17.3 Å². The number of amides is 1. The first-order chi connectivity index (χ1) is 24.7. The summed E-state index contributed by atoms with van der Waals surface area (Å²) in [7, 11) is 1.44. The number of ether oxygens (including phenoxy) is 1. The minimum Gasteiger partial charge on any atom is -0.504 e. The highest BCUT2D eigenvalue weighted by Gasteiger charge is 2.49. The van der Waals surface area contributed by atoms with Crippen LogP contribution in [0.25, 0.3) is 16.9 Å². The number of nitrogens with zero attached hydrogens (tertiary/aromatic N) is 8. The molecule has 52 heavy (non-hydrogen) atoms. The summed E-state index contributed by atoms with van der Waals surface area (Å²) in [5, 5.41) is 33.4. The summed E-state index contributed by atoms with van der Waals surface area (Å²) in [5.41, 5.74) is -0.829. The Hall–Kier alpha value is -5.65. The number of benzene rings is 1. The van der Waals surface area contributed by atoms with Gasteiger partial charge in [0.05, 0.1) is 36.3 Å². The Morgan fingerprint density at radius 1 is 1.13 bits per heavy atom. The molecule has 1 amide bonds. The van der Waals surface area contributed by atoms with E-state index in [9.17, 15) is 37.4 Å². The highest BCUT2D eigenvalue weighted by Crippen LogP contribution is 2.51. The molecule has 1 aromatic carbocycles. The largest absolute Gasteiger partial charge is 0.504 e. The van der Waals surface area contributed by atoms with Crippen LogP contribution in [0.15, 0.2) is 47.7 Å². The zero-order valence-corrected chi connectivity index (χ0v) is 28.1. The molecule has 0 bridgehead atoms. The van der Waals surface area contributed by atoms with Gasteiger partial charge in [-0.25, -0.2) is 19.3 Å². The quantitative estimate of drug-likeness (QED) is 0.163. The lowest BCUT2D eigenvalue weighted by Gasteiger charge is -2.39. The lowest BCUT2D eigenvalue weighted by molar-refractivity contribution is -0.137. The van der Waals surface area contributed by atoms with E-state index in [2.05, 4.69) is 30.5 Å². The molecule has 1 unspecified atom stereocenters. The van der Waals surface area contributed by atoms with Crippen molar-refractivity contribution in [2.75, 3.05) is 25.5 Å². The Bertz CT molecular complexity index is 2270. The van der Waals surface area contributed by atoms with Crippen LogP contribution in [-0.2, 0) is 18.1 Å². The predicted octanol–water partition coefficient (Wildman–Crippen LogP) is 4.06. The van der Waals surface area contributed by atoms with E-state index in [1.807, 2.05) is 6.92 Å². The number of carbonyl (C=O) groups excluding carboxylic acids is 1. The van der Waals surface area contributed by atoms with Crippen LogP contribution in [0.1, 0.15) is 65.1 Å². The summed E-state index contributed by atoms with van der Waals surface area (Å²) in [6.07, 6.45) is -2.28. The molecule has 1 aliphatic carbocycles. The molecule has 1 aliphatic heterocycles. The van der Waals surface area contributed by atoms with Gasteiger partial charge in [-0.3, -0.25) is 9.59 Å². The number of aromatic nitrogens is 7. The molecule has 7 rings (SSSR count). The lowest BCUT2D eigenvalue weighted by atomic mass is 9.73. The second-order valence-electron chi connectivity index (χ2n) is 13.1. The van der Waals surface area contributed by atoms with Gasteiger partial charge in [-0.1, -0.05) is 6.92 Å². The zero-order chi connectivity index (χ0) is 37.1. The molecule has 5 aromatic rings. The van der Waals surface area contributed by atoms with E-state index in [-0.39, 0.29) is 70.8 Å². The molecule has 2 atom stereocenters. The third kappa shape index (κ3) is 5.95. The van der Waals surface area contributed by atoms with Crippen LogP contribution >= 0.6 is 0 Å². The van der Waals surface area contributed by atoms with E-state index in [1.165, 1.54) is 24.4 Å². The number of carbonyl (C=O) groups is 1. The normalized spacial score (nSPS) is 17.4. The van der Waals surface area contributed by atoms with Crippen molar-refractivity contribution >= 4 is 22.8 Å². The van der Waals surface area contributed by atoms with E-state index in [0.29, 0.717) is 48.3 Å². The maximum Gasteiger partial charge on any atom is 0.416 e. The van der Waals surface area contributed by atoms with E-state index < -0.39 is 35.1 Å². The molecule has 5 heterocycles. The molecule has 272 valence electrons. The molecule has 2 aliphatic rings. The number of piperidine rings is 1. The smallest absolute Gasteiger partial charge is 0.416 e. The molecule has 1 spiro atoms. The number of halogens is 4. The molecule has 1 saturated heterocycles. The predicted molar refractivity (Wildman–Crippen MR) is 177 cm³/mol. The van der Waals surface area contributed by atoms with Crippen molar-refractivity contribution in [2.45, 2.75) is 63.4 Å². The third-order valence-electron chi connectivity index (χ3n) is 9.88. The van der Waals surface area contributed by atoms with Crippen molar-refractivity contribution in [2.24, 2.45) is 0 Å². The van der Waals surface area contributed by atoms with Gasteiger partial charge in [0.15, 0.2) is 22.6 Å². The number of aromatic hydroxyl groups is 1. The van der Waals surface area contributed by atoms with Gasteiger partial charge in [-0.05, 0) is 56.4 Å². The first-order valence-corrected chi connectivity index (χ1v) is 16.4. The Morgan fingerprint density at radius 2 is 1.88 bits per heavy atom. The summed E-state index contributed by atoms with van der Waals surface area (Å²) < 4.78 is 61.1. The molecule has 0 saturated carbocycles. The van der Waals surface area contributed by atoms with Crippen LogP contribution in [0.2, 0.25) is 0 Å². The number of rotatable bonds is 7. The molecular formula is C34H33F4N9O5. The van der Waals surface area contributed by atoms with Crippen molar-refractivity contribution in [3.63, 3.8) is 0 Å². The fraction of sp³-hybridized carbons (Fsp3) is 0.382. The number of aliphatic hydroxyl groups is 1. The van der Waals surface area contributed by atoms with Crippen molar-refractivity contribution in [3.05, 3.63) is 87.1 Å². The van der Waals surface area contributed by atoms with Gasteiger partial charge in [-0.15, -0.1) is 15.0 Å². The average Bonchev–Trinajstić information content (AvgIpc) is 3.68. The topological polar surface area (TPSA) is 173 Å². The summed E-state index contributed by atoms with van der Waals surface area (Å²) >= 11 is 0. The number of hydrogen-bond donors (Lipinski definition) is 3. The number of alkyl halides is 3. The fourth-order valence-corrected chi connectivity index (χ4v) is 7.43. The fourth-order valence-electron chi connectivity index (χ4n) is 7.43. The van der Waals surface area contributed by atoms with E-state index in [1.54, 1.807) is 28.5 Å². The minimum atomic E-state index is -4.75. The van der Waals surface area contributed by atoms with Gasteiger partial charge in [0, 0.05) is 42.0 Å². The Balaban J connectivity index is 1.28. The van der Waals surface area contributed by atoms with E-state index in [0.717, 1.165) is 6.07 Å². The standard InChI is InChI=1S/C34H33F4N9O5/c1-17-14-33(7-10-45(11-8-33)32(51)27-29(49)18(2)40-16-41-27)25-28(17)46(15-23(48)42-22-5-4-19(12-21(22)35)34(36,37)38)31-26(30(25)50)43-47(44-31)20-6-9-39-24(13-20)52-3/h4-6,9,12-13,16-17,23,42,48-49H,7-8,10-11,14-15H2,1-3H3/t17-,23?/m1/s1. The van der Waals surface area contributed by atoms with Gasteiger partial charge in [-0.2, -0.15) is 13.2 Å². The summed E-state index contributed by atoms with van der Waals surface area (Å²) in [6, 6.07) is 5.13. The van der Waals surface area contributed by atoms with Gasteiger partial charge < -0.3 is 29.7 Å². The number of aryl methyl sites for hydroxylation is 1. The number of aliphatic hydroxyl groups excluding tert-OH is 1. The summed E-state index contributed by atoms with van der Waals surface area (Å²) in [4.78, 5) is 42.7. The van der Waals surface area contributed by atoms with Crippen LogP contribution in [-0.4, -0.2) is 82.0 Å². The zero-order valence-electron chi connectivity index (χ0n) is 28.1. The highest BCUT2D eigenvalue weighted by molar-refractivity contribution is 5.95. The highest BCUT2D eigenvalue weighted by atomic mass is 19.4. The second-order valence-corrected chi connectivity index (χ2v) is 13.1. The third-order valence-corrected chi connectivity index (χ3v) is 9.88.